The molecule has 2 aliphatic rings. The minimum Gasteiger partial charge on any atom is -0.487 e. The molecule has 0 bridgehead atoms. The molecule has 0 amide bonds. The molecule has 1 aliphatic heterocycles. The highest BCUT2D eigenvalue weighted by molar-refractivity contribution is 9.10. The lowest BCUT2D eigenvalue weighted by Crippen LogP contribution is -2.46. The first kappa shape index (κ1) is 10.6. The van der Waals surface area contributed by atoms with Crippen molar-refractivity contribution in [3.63, 3.8) is 0 Å². The van der Waals surface area contributed by atoms with Crippen LogP contribution in [0, 0.1) is 0 Å². The van der Waals surface area contributed by atoms with Gasteiger partial charge in [0.25, 0.3) is 0 Å². The summed E-state index contributed by atoms with van der Waals surface area (Å²) in [6.45, 7) is 2.28. The summed E-state index contributed by atoms with van der Waals surface area (Å²) in [7, 11) is 0. The third-order valence-corrected chi connectivity index (χ3v) is 4.61. The van der Waals surface area contributed by atoms with Crippen molar-refractivity contribution in [2.75, 3.05) is 0 Å². The molecule has 1 heterocycles. The van der Waals surface area contributed by atoms with Gasteiger partial charge in [-0.25, -0.2) is 0 Å². The van der Waals surface area contributed by atoms with E-state index in [1.165, 1.54) is 37.7 Å². The molecule has 1 aromatic carbocycles. The molecule has 1 unspecified atom stereocenters. The van der Waals surface area contributed by atoms with Crippen molar-refractivity contribution in [1.82, 2.24) is 0 Å². The van der Waals surface area contributed by atoms with Crippen LogP contribution in [-0.4, -0.2) is 5.60 Å². The smallest absolute Gasteiger partial charge is 0.123 e. The van der Waals surface area contributed by atoms with Crippen molar-refractivity contribution >= 4 is 15.9 Å². The Labute approximate surface area is 105 Å². The zero-order valence-corrected chi connectivity index (χ0v) is 11.2. The maximum absolute atomic E-state index is 6.22. The Kier molecular flexibility index (Phi) is 2.50. The number of ether oxygens (including phenoxy) is 1. The van der Waals surface area contributed by atoms with Crippen LogP contribution in [0.4, 0.5) is 0 Å². The molecule has 0 saturated heterocycles. The summed E-state index contributed by atoms with van der Waals surface area (Å²) in [5.41, 5.74) is 1.59. The summed E-state index contributed by atoms with van der Waals surface area (Å²) in [4.78, 5) is 0. The molecule has 2 heteroatoms. The Morgan fingerprint density at radius 2 is 2.25 bits per heavy atom. The molecular formula is C14H17BrO. The van der Waals surface area contributed by atoms with Crippen LogP contribution in [0.3, 0.4) is 0 Å². The lowest BCUT2D eigenvalue weighted by atomic mass is 9.70. The van der Waals surface area contributed by atoms with Crippen LogP contribution in [0.2, 0.25) is 0 Å². The number of fused-ring (bicyclic) bond motifs is 1. The molecule has 3 rings (SSSR count). The summed E-state index contributed by atoms with van der Waals surface area (Å²) in [6.07, 6.45) is 6.27. The summed E-state index contributed by atoms with van der Waals surface area (Å²) in [5.74, 6) is 1.81. The van der Waals surface area contributed by atoms with E-state index in [4.69, 9.17) is 4.74 Å². The van der Waals surface area contributed by atoms with Gasteiger partial charge < -0.3 is 4.74 Å². The van der Waals surface area contributed by atoms with E-state index in [1.54, 1.807) is 0 Å². The molecule has 1 atom stereocenters. The SMILES string of the molecule is CCC1CC2(CCC2)Oc2ccc(Br)cc21. The van der Waals surface area contributed by atoms with Crippen LogP contribution in [0.5, 0.6) is 5.75 Å². The number of rotatable bonds is 1. The second kappa shape index (κ2) is 3.76. The topological polar surface area (TPSA) is 9.23 Å². The van der Waals surface area contributed by atoms with Gasteiger partial charge in [0.05, 0.1) is 0 Å². The molecule has 1 saturated carbocycles. The number of halogens is 1. The third-order valence-electron chi connectivity index (χ3n) is 4.11. The minimum absolute atomic E-state index is 0.196. The number of hydrogen-bond acceptors (Lipinski definition) is 1. The summed E-state index contributed by atoms with van der Waals surface area (Å²) >= 11 is 3.55. The first-order chi connectivity index (χ1) is 7.72. The maximum Gasteiger partial charge on any atom is 0.123 e. The maximum atomic E-state index is 6.22. The monoisotopic (exact) mass is 280 g/mol. The molecule has 0 radical (unpaired) electrons. The zero-order valence-electron chi connectivity index (χ0n) is 9.63. The second-order valence-corrected chi connectivity index (χ2v) is 6.05. The number of benzene rings is 1. The summed E-state index contributed by atoms with van der Waals surface area (Å²) in [6, 6.07) is 6.44. The van der Waals surface area contributed by atoms with Gasteiger partial charge in [-0.05, 0) is 61.8 Å². The van der Waals surface area contributed by atoms with E-state index in [2.05, 4.69) is 41.1 Å². The van der Waals surface area contributed by atoms with E-state index in [0.717, 1.165) is 10.2 Å². The van der Waals surface area contributed by atoms with Crippen molar-refractivity contribution in [2.24, 2.45) is 0 Å². The predicted octanol–water partition coefficient (Wildman–Crippen LogP) is 4.65. The standard InChI is InChI=1S/C14H17BrO/c1-2-10-9-14(6-3-7-14)16-13-5-4-11(15)8-12(10)13/h4-5,8,10H,2-3,6-7,9H2,1H3. The lowest BCUT2D eigenvalue weighted by Gasteiger charge is -2.48. The molecule has 0 N–H and O–H groups in total. The van der Waals surface area contributed by atoms with Crippen molar-refractivity contribution in [3.8, 4) is 5.75 Å². The fourth-order valence-corrected chi connectivity index (χ4v) is 3.39. The van der Waals surface area contributed by atoms with Gasteiger partial charge in [0.2, 0.25) is 0 Å². The van der Waals surface area contributed by atoms with E-state index < -0.39 is 0 Å². The van der Waals surface area contributed by atoms with Gasteiger partial charge in [-0.1, -0.05) is 22.9 Å². The third kappa shape index (κ3) is 1.58. The lowest BCUT2D eigenvalue weighted by molar-refractivity contribution is -0.0338. The van der Waals surface area contributed by atoms with Crippen molar-refractivity contribution in [1.29, 1.82) is 0 Å². The molecular weight excluding hydrogens is 264 g/mol. The van der Waals surface area contributed by atoms with E-state index >= 15 is 0 Å². The van der Waals surface area contributed by atoms with Crippen LogP contribution in [0.1, 0.15) is 50.5 Å². The highest BCUT2D eigenvalue weighted by atomic mass is 79.9. The van der Waals surface area contributed by atoms with Gasteiger partial charge in [0.15, 0.2) is 0 Å². The first-order valence-corrected chi connectivity index (χ1v) is 7.00. The van der Waals surface area contributed by atoms with Crippen molar-refractivity contribution in [3.05, 3.63) is 28.2 Å². The Balaban J connectivity index is 2.00. The predicted molar refractivity (Wildman–Crippen MR) is 69.0 cm³/mol. The van der Waals surface area contributed by atoms with Gasteiger partial charge in [-0.15, -0.1) is 0 Å². The first-order valence-electron chi connectivity index (χ1n) is 6.21. The highest BCUT2D eigenvalue weighted by Gasteiger charge is 2.44. The molecule has 0 aromatic heterocycles. The van der Waals surface area contributed by atoms with Gasteiger partial charge in [-0.2, -0.15) is 0 Å². The molecule has 1 spiro atoms. The summed E-state index contributed by atoms with van der Waals surface area (Å²) < 4.78 is 7.39. The number of hydrogen-bond donors (Lipinski definition) is 0. The Bertz CT molecular complexity index is 409. The van der Waals surface area contributed by atoms with E-state index in [-0.39, 0.29) is 5.60 Å². The summed E-state index contributed by atoms with van der Waals surface area (Å²) in [5, 5.41) is 0. The molecule has 1 aliphatic carbocycles. The van der Waals surface area contributed by atoms with Gasteiger partial charge in [0.1, 0.15) is 11.4 Å². The Morgan fingerprint density at radius 1 is 1.44 bits per heavy atom. The fraction of sp³-hybridized carbons (Fsp3) is 0.571. The van der Waals surface area contributed by atoms with Crippen LogP contribution in [-0.2, 0) is 0 Å². The van der Waals surface area contributed by atoms with Crippen LogP contribution in [0.15, 0.2) is 22.7 Å². The van der Waals surface area contributed by atoms with Crippen LogP contribution < -0.4 is 4.74 Å². The molecule has 1 nitrogen and oxygen atoms in total. The molecule has 86 valence electrons. The molecule has 1 aromatic rings. The van der Waals surface area contributed by atoms with Crippen LogP contribution >= 0.6 is 15.9 Å². The minimum atomic E-state index is 0.196. The average Bonchev–Trinajstić information content (AvgIpc) is 2.25. The van der Waals surface area contributed by atoms with Crippen LogP contribution in [0.25, 0.3) is 0 Å². The van der Waals surface area contributed by atoms with Crippen molar-refractivity contribution < 1.29 is 4.74 Å². The normalized spacial score (nSPS) is 25.8. The molecule has 1 fully saturated rings. The highest BCUT2D eigenvalue weighted by Crippen LogP contribution is 2.50. The van der Waals surface area contributed by atoms with Gasteiger partial charge in [-0.3, -0.25) is 0 Å². The van der Waals surface area contributed by atoms with Gasteiger partial charge in [0, 0.05) is 4.47 Å². The Morgan fingerprint density at radius 3 is 2.88 bits per heavy atom. The van der Waals surface area contributed by atoms with E-state index in [0.29, 0.717) is 5.92 Å². The van der Waals surface area contributed by atoms with Gasteiger partial charge >= 0.3 is 0 Å². The fourth-order valence-electron chi connectivity index (χ4n) is 3.01. The average molecular weight is 281 g/mol. The molecule has 16 heavy (non-hydrogen) atoms. The second-order valence-electron chi connectivity index (χ2n) is 5.13. The Hall–Kier alpha value is -0.500. The van der Waals surface area contributed by atoms with E-state index in [9.17, 15) is 0 Å². The van der Waals surface area contributed by atoms with E-state index in [1.807, 2.05) is 0 Å². The quantitative estimate of drug-likeness (QED) is 0.728. The largest absolute Gasteiger partial charge is 0.487 e. The van der Waals surface area contributed by atoms with Crippen molar-refractivity contribution in [2.45, 2.75) is 50.5 Å². The zero-order chi connectivity index (χ0) is 11.2.